The van der Waals surface area contributed by atoms with Gasteiger partial charge in [0.05, 0.1) is 25.6 Å². The van der Waals surface area contributed by atoms with Crippen molar-refractivity contribution in [2.24, 2.45) is 0 Å². The van der Waals surface area contributed by atoms with E-state index in [9.17, 15) is 4.79 Å². The summed E-state index contributed by atoms with van der Waals surface area (Å²) in [6.45, 7) is 4.50. The van der Waals surface area contributed by atoms with Crippen molar-refractivity contribution in [2.45, 2.75) is 20.3 Å². The second kappa shape index (κ2) is 8.24. The molecular formula is C19H24N2O3. The lowest BCUT2D eigenvalue weighted by Gasteiger charge is -2.13. The molecule has 0 spiro atoms. The van der Waals surface area contributed by atoms with Gasteiger partial charge in [-0.3, -0.25) is 4.79 Å². The number of hydrogen-bond donors (Lipinski definition) is 2. The average Bonchev–Trinajstić information content (AvgIpc) is 2.55. The smallest absolute Gasteiger partial charge is 0.226 e. The van der Waals surface area contributed by atoms with Gasteiger partial charge in [0.1, 0.15) is 11.5 Å². The third-order valence-corrected chi connectivity index (χ3v) is 3.65. The number of ether oxygens (including phenoxy) is 2. The fraction of sp³-hybridized carbons (Fsp3) is 0.316. The summed E-state index contributed by atoms with van der Waals surface area (Å²) < 4.78 is 10.6. The number of nitrogens with one attached hydrogen (secondary N) is 2. The van der Waals surface area contributed by atoms with Gasteiger partial charge in [0, 0.05) is 13.0 Å². The highest BCUT2D eigenvalue weighted by Gasteiger charge is 2.09. The molecule has 0 aliphatic carbocycles. The first-order valence-electron chi connectivity index (χ1n) is 7.86. The highest BCUT2D eigenvalue weighted by atomic mass is 16.5. The second-order valence-corrected chi connectivity index (χ2v) is 5.63. The number of rotatable bonds is 7. The van der Waals surface area contributed by atoms with Crippen LogP contribution >= 0.6 is 0 Å². The van der Waals surface area contributed by atoms with Crippen molar-refractivity contribution in [1.29, 1.82) is 0 Å². The van der Waals surface area contributed by atoms with Crippen LogP contribution in [0.3, 0.4) is 0 Å². The summed E-state index contributed by atoms with van der Waals surface area (Å²) in [4.78, 5) is 12.2. The number of aryl methyl sites for hydroxylation is 2. The van der Waals surface area contributed by atoms with E-state index in [-0.39, 0.29) is 5.91 Å². The van der Waals surface area contributed by atoms with E-state index in [0.29, 0.717) is 24.4 Å². The van der Waals surface area contributed by atoms with Crippen LogP contribution in [0.1, 0.15) is 17.5 Å². The summed E-state index contributed by atoms with van der Waals surface area (Å²) in [6, 6.07) is 11.6. The van der Waals surface area contributed by atoms with E-state index in [4.69, 9.17) is 9.47 Å². The molecular weight excluding hydrogens is 304 g/mol. The lowest BCUT2D eigenvalue weighted by atomic mass is 10.2. The van der Waals surface area contributed by atoms with Crippen LogP contribution in [0.2, 0.25) is 0 Å². The number of benzene rings is 2. The zero-order valence-corrected chi connectivity index (χ0v) is 14.6. The SMILES string of the molecule is COc1ccc(C)cc1NCCC(=O)Nc1cc(C)ccc1OC. The summed E-state index contributed by atoms with van der Waals surface area (Å²) in [7, 11) is 3.22. The Balaban J connectivity index is 1.92. The molecule has 0 aromatic heterocycles. The van der Waals surface area contributed by atoms with Crippen molar-refractivity contribution in [3.63, 3.8) is 0 Å². The largest absolute Gasteiger partial charge is 0.495 e. The first-order valence-corrected chi connectivity index (χ1v) is 7.86. The Morgan fingerprint density at radius 1 is 0.917 bits per heavy atom. The maximum Gasteiger partial charge on any atom is 0.226 e. The molecule has 5 nitrogen and oxygen atoms in total. The molecule has 0 unspecified atom stereocenters. The molecule has 0 saturated carbocycles. The van der Waals surface area contributed by atoms with E-state index in [1.807, 2.05) is 50.2 Å². The quantitative estimate of drug-likeness (QED) is 0.812. The minimum atomic E-state index is -0.0713. The lowest BCUT2D eigenvalue weighted by Crippen LogP contribution is -2.17. The van der Waals surface area contributed by atoms with Gasteiger partial charge in [-0.1, -0.05) is 12.1 Å². The fourth-order valence-electron chi connectivity index (χ4n) is 2.40. The van der Waals surface area contributed by atoms with Crippen molar-refractivity contribution in [3.05, 3.63) is 47.5 Å². The van der Waals surface area contributed by atoms with Crippen molar-refractivity contribution in [2.75, 3.05) is 31.4 Å². The molecule has 0 radical (unpaired) electrons. The molecule has 24 heavy (non-hydrogen) atoms. The predicted octanol–water partition coefficient (Wildman–Crippen LogP) is 3.76. The van der Waals surface area contributed by atoms with Crippen molar-refractivity contribution in [1.82, 2.24) is 0 Å². The molecule has 1 amide bonds. The van der Waals surface area contributed by atoms with E-state index >= 15 is 0 Å². The Labute approximate surface area is 143 Å². The first kappa shape index (κ1) is 17.7. The molecule has 2 rings (SSSR count). The Bertz CT molecular complexity index is 714. The van der Waals surface area contributed by atoms with E-state index < -0.39 is 0 Å². The van der Waals surface area contributed by atoms with Gasteiger partial charge >= 0.3 is 0 Å². The molecule has 0 bridgehead atoms. The zero-order chi connectivity index (χ0) is 17.5. The topological polar surface area (TPSA) is 59.6 Å². The van der Waals surface area contributed by atoms with Crippen LogP contribution < -0.4 is 20.1 Å². The first-order chi connectivity index (χ1) is 11.5. The Morgan fingerprint density at radius 3 is 2.04 bits per heavy atom. The Hall–Kier alpha value is -2.69. The van der Waals surface area contributed by atoms with Crippen LogP contribution in [0.25, 0.3) is 0 Å². The molecule has 0 fully saturated rings. The van der Waals surface area contributed by atoms with Gasteiger partial charge in [-0.05, 0) is 49.2 Å². The van der Waals surface area contributed by atoms with Crippen LogP contribution in [0.5, 0.6) is 11.5 Å². The van der Waals surface area contributed by atoms with E-state index in [0.717, 1.165) is 22.6 Å². The van der Waals surface area contributed by atoms with E-state index in [2.05, 4.69) is 10.6 Å². The molecule has 0 saturated heterocycles. The summed E-state index contributed by atoms with van der Waals surface area (Å²) in [5, 5.41) is 6.14. The lowest BCUT2D eigenvalue weighted by molar-refractivity contribution is -0.116. The number of carbonyl (C=O) groups is 1. The van der Waals surface area contributed by atoms with Gasteiger partial charge in [-0.2, -0.15) is 0 Å². The molecule has 0 aliphatic heterocycles. The number of carbonyl (C=O) groups excluding carboxylic acids is 1. The van der Waals surface area contributed by atoms with E-state index in [1.54, 1.807) is 14.2 Å². The molecule has 0 atom stereocenters. The summed E-state index contributed by atoms with van der Waals surface area (Å²) in [6.07, 6.45) is 0.341. The molecule has 5 heteroatoms. The standard InChI is InChI=1S/C19H24N2O3/c1-13-5-7-17(23-3)15(11-13)20-10-9-19(22)21-16-12-14(2)6-8-18(16)24-4/h5-8,11-12,20H,9-10H2,1-4H3,(H,21,22). The summed E-state index contributed by atoms with van der Waals surface area (Å²) in [5.74, 6) is 1.35. The minimum absolute atomic E-state index is 0.0713. The number of amides is 1. The molecule has 2 N–H and O–H groups in total. The monoisotopic (exact) mass is 328 g/mol. The Morgan fingerprint density at radius 2 is 1.46 bits per heavy atom. The van der Waals surface area contributed by atoms with Crippen molar-refractivity contribution >= 4 is 17.3 Å². The molecule has 2 aromatic rings. The molecule has 128 valence electrons. The second-order valence-electron chi connectivity index (χ2n) is 5.63. The van der Waals surface area contributed by atoms with Crippen molar-refractivity contribution < 1.29 is 14.3 Å². The van der Waals surface area contributed by atoms with Gasteiger partial charge in [0.25, 0.3) is 0 Å². The number of anilines is 2. The summed E-state index contributed by atoms with van der Waals surface area (Å²) >= 11 is 0. The number of methoxy groups -OCH3 is 2. The highest BCUT2D eigenvalue weighted by molar-refractivity contribution is 5.92. The van der Waals surface area contributed by atoms with Gasteiger partial charge in [0.15, 0.2) is 0 Å². The third-order valence-electron chi connectivity index (χ3n) is 3.65. The highest BCUT2D eigenvalue weighted by Crippen LogP contribution is 2.26. The molecule has 0 aliphatic rings. The van der Waals surface area contributed by atoms with Crippen molar-refractivity contribution in [3.8, 4) is 11.5 Å². The third kappa shape index (κ3) is 4.65. The molecule has 2 aromatic carbocycles. The van der Waals surface area contributed by atoms with Crippen LogP contribution in [-0.2, 0) is 4.79 Å². The van der Waals surface area contributed by atoms with Crippen LogP contribution in [-0.4, -0.2) is 26.7 Å². The predicted molar refractivity (Wildman–Crippen MR) is 97.2 cm³/mol. The Kier molecular flexibility index (Phi) is 6.07. The van der Waals surface area contributed by atoms with Crippen LogP contribution in [0, 0.1) is 13.8 Å². The average molecular weight is 328 g/mol. The van der Waals surface area contributed by atoms with Gasteiger partial charge in [0.2, 0.25) is 5.91 Å². The maximum atomic E-state index is 12.2. The fourth-order valence-corrected chi connectivity index (χ4v) is 2.40. The maximum absolute atomic E-state index is 12.2. The summed E-state index contributed by atoms with van der Waals surface area (Å²) in [5.41, 5.74) is 3.77. The van der Waals surface area contributed by atoms with Gasteiger partial charge in [-0.25, -0.2) is 0 Å². The molecule has 0 heterocycles. The number of hydrogen-bond acceptors (Lipinski definition) is 4. The normalized spacial score (nSPS) is 10.2. The van der Waals surface area contributed by atoms with Crippen LogP contribution in [0.15, 0.2) is 36.4 Å². The van der Waals surface area contributed by atoms with Gasteiger partial charge in [-0.15, -0.1) is 0 Å². The van der Waals surface area contributed by atoms with Crippen LogP contribution in [0.4, 0.5) is 11.4 Å². The van der Waals surface area contributed by atoms with E-state index in [1.165, 1.54) is 0 Å². The minimum Gasteiger partial charge on any atom is -0.495 e. The van der Waals surface area contributed by atoms with Gasteiger partial charge < -0.3 is 20.1 Å². The zero-order valence-electron chi connectivity index (χ0n) is 14.6.